The minimum Gasteiger partial charge on any atom is -0.333 e. The fourth-order valence-corrected chi connectivity index (χ4v) is 3.03. The minimum atomic E-state index is -0.262. The Morgan fingerprint density at radius 3 is 3.00 bits per heavy atom. The maximum absolute atomic E-state index is 13.5. The average Bonchev–Trinajstić information content (AvgIpc) is 2.67. The van der Waals surface area contributed by atoms with Crippen LogP contribution in [0.4, 0.5) is 10.1 Å². The molecule has 2 nitrogen and oxygen atoms in total. The van der Waals surface area contributed by atoms with Crippen molar-refractivity contribution in [1.29, 1.82) is 0 Å². The van der Waals surface area contributed by atoms with Gasteiger partial charge < -0.3 is 5.32 Å². The summed E-state index contributed by atoms with van der Waals surface area (Å²) in [6.07, 6.45) is 0.992. The number of hydrogen-bond donors (Lipinski definition) is 1. The van der Waals surface area contributed by atoms with Crippen LogP contribution in [0, 0.1) is 5.82 Å². The van der Waals surface area contributed by atoms with Crippen LogP contribution in [0.15, 0.2) is 27.7 Å². The molecule has 1 aromatic carbocycles. The van der Waals surface area contributed by atoms with Crippen LogP contribution in [-0.4, -0.2) is 16.5 Å². The number of nitrogens with zero attached hydrogens (tertiary/aromatic N) is 1. The van der Waals surface area contributed by atoms with Crippen LogP contribution >= 0.6 is 27.7 Å². The molecule has 0 aliphatic carbocycles. The number of amidine groups is 1. The lowest BCUT2D eigenvalue weighted by Gasteiger charge is -2.15. The summed E-state index contributed by atoms with van der Waals surface area (Å²) in [5.74, 6) is 0.683. The lowest BCUT2D eigenvalue weighted by Crippen LogP contribution is -2.20. The van der Waals surface area contributed by atoms with Crippen LogP contribution in [-0.2, 0) is 0 Å². The maximum Gasteiger partial charge on any atom is 0.161 e. The third-order valence-corrected chi connectivity index (χ3v) is 4.55. The molecule has 0 saturated carbocycles. The highest BCUT2D eigenvalue weighted by Crippen LogP contribution is 2.31. The van der Waals surface area contributed by atoms with Crippen LogP contribution < -0.4 is 5.32 Å². The van der Waals surface area contributed by atoms with Gasteiger partial charge in [0, 0.05) is 10.2 Å². The Kier molecular flexibility index (Phi) is 3.78. The summed E-state index contributed by atoms with van der Waals surface area (Å²) >= 11 is 4.97. The van der Waals surface area contributed by atoms with Gasteiger partial charge in [-0.1, -0.05) is 34.6 Å². The zero-order chi connectivity index (χ0) is 12.5. The van der Waals surface area contributed by atoms with Crippen molar-refractivity contribution in [2.45, 2.75) is 25.8 Å². The number of benzene rings is 1. The Hall–Kier alpha value is -0.550. The molecular formula is C12H14BrFN2S. The molecule has 2 rings (SSSR count). The first-order chi connectivity index (χ1) is 8.02. The Balaban J connectivity index is 2.17. The first kappa shape index (κ1) is 12.9. The Labute approximate surface area is 113 Å². The number of hydrogen-bond acceptors (Lipinski definition) is 3. The van der Waals surface area contributed by atoms with E-state index in [0.717, 1.165) is 21.8 Å². The molecule has 0 aromatic heterocycles. The van der Waals surface area contributed by atoms with E-state index in [0.29, 0.717) is 5.69 Å². The standard InChI is InChI=1S/C12H14BrFN2S/c1-3-12(2)7-17-11(16-12)15-10-6-8(13)4-5-9(10)14/h4-6H,3,7H2,1-2H3,(H,15,16). The minimum absolute atomic E-state index is 0.0184. The summed E-state index contributed by atoms with van der Waals surface area (Å²) in [6, 6.07) is 4.84. The fraction of sp³-hybridized carbons (Fsp3) is 0.417. The van der Waals surface area contributed by atoms with Gasteiger partial charge in [0.15, 0.2) is 5.17 Å². The largest absolute Gasteiger partial charge is 0.333 e. The van der Waals surface area contributed by atoms with Gasteiger partial charge in [-0.2, -0.15) is 0 Å². The summed E-state index contributed by atoms with van der Waals surface area (Å²) in [7, 11) is 0. The molecule has 1 aliphatic heterocycles. The SMILES string of the molecule is CCC1(C)CSC(Nc2cc(Br)ccc2F)=N1. The van der Waals surface area contributed by atoms with E-state index in [1.165, 1.54) is 6.07 Å². The molecule has 1 unspecified atom stereocenters. The predicted molar refractivity (Wildman–Crippen MR) is 76.3 cm³/mol. The van der Waals surface area contributed by atoms with Crippen molar-refractivity contribution in [1.82, 2.24) is 0 Å². The molecule has 0 spiro atoms. The van der Waals surface area contributed by atoms with E-state index in [1.807, 2.05) is 0 Å². The monoisotopic (exact) mass is 316 g/mol. The molecule has 92 valence electrons. The molecule has 1 atom stereocenters. The summed E-state index contributed by atoms with van der Waals surface area (Å²) in [5.41, 5.74) is 0.446. The highest BCUT2D eigenvalue weighted by atomic mass is 79.9. The second-order valence-corrected chi connectivity index (χ2v) is 6.19. The van der Waals surface area contributed by atoms with Crippen LogP contribution in [0.3, 0.4) is 0 Å². The highest BCUT2D eigenvalue weighted by Gasteiger charge is 2.28. The lowest BCUT2D eigenvalue weighted by atomic mass is 10.0. The first-order valence-corrected chi connectivity index (χ1v) is 7.25. The maximum atomic E-state index is 13.5. The summed E-state index contributed by atoms with van der Waals surface area (Å²) in [6.45, 7) is 4.23. The Morgan fingerprint density at radius 1 is 1.59 bits per heavy atom. The molecule has 0 saturated heterocycles. The van der Waals surface area contributed by atoms with Gasteiger partial charge in [0.05, 0.1) is 11.2 Å². The van der Waals surface area contributed by atoms with E-state index >= 15 is 0 Å². The summed E-state index contributed by atoms with van der Waals surface area (Å²) < 4.78 is 14.4. The molecule has 0 amide bonds. The average molecular weight is 317 g/mol. The van der Waals surface area contributed by atoms with E-state index in [2.05, 4.69) is 40.1 Å². The van der Waals surface area contributed by atoms with E-state index < -0.39 is 0 Å². The topological polar surface area (TPSA) is 24.4 Å². The van der Waals surface area contributed by atoms with Crippen LogP contribution in [0.1, 0.15) is 20.3 Å². The molecule has 1 aliphatic rings. The molecule has 17 heavy (non-hydrogen) atoms. The molecule has 5 heteroatoms. The number of rotatable bonds is 2. The third kappa shape index (κ3) is 3.01. The summed E-state index contributed by atoms with van der Waals surface area (Å²) in [4.78, 5) is 4.59. The Bertz CT molecular complexity index is 464. The van der Waals surface area contributed by atoms with Gasteiger partial charge in [0.2, 0.25) is 0 Å². The number of halogens is 2. The molecule has 0 fully saturated rings. The van der Waals surface area contributed by atoms with E-state index in [9.17, 15) is 4.39 Å². The van der Waals surface area contributed by atoms with E-state index in [4.69, 9.17) is 0 Å². The third-order valence-electron chi connectivity index (χ3n) is 2.82. The first-order valence-electron chi connectivity index (χ1n) is 5.47. The van der Waals surface area contributed by atoms with Crippen molar-refractivity contribution in [2.24, 2.45) is 4.99 Å². The number of thioether (sulfide) groups is 1. The van der Waals surface area contributed by atoms with Crippen LogP contribution in [0.2, 0.25) is 0 Å². The van der Waals surface area contributed by atoms with Crippen molar-refractivity contribution in [3.8, 4) is 0 Å². The molecule has 0 radical (unpaired) electrons. The van der Waals surface area contributed by atoms with Crippen LogP contribution in [0.25, 0.3) is 0 Å². The summed E-state index contributed by atoms with van der Waals surface area (Å²) in [5, 5.41) is 3.84. The second kappa shape index (κ2) is 4.98. The molecule has 1 heterocycles. The van der Waals surface area contributed by atoms with Gasteiger partial charge in [0.1, 0.15) is 5.82 Å². The lowest BCUT2D eigenvalue weighted by molar-refractivity contribution is 0.522. The quantitative estimate of drug-likeness (QED) is 0.881. The number of anilines is 1. The highest BCUT2D eigenvalue weighted by molar-refractivity contribution is 9.10. The molecule has 0 bridgehead atoms. The van der Waals surface area contributed by atoms with Gasteiger partial charge in [0.25, 0.3) is 0 Å². The van der Waals surface area contributed by atoms with Crippen molar-refractivity contribution in [3.63, 3.8) is 0 Å². The van der Waals surface area contributed by atoms with Gasteiger partial charge in [-0.25, -0.2) is 4.39 Å². The van der Waals surface area contributed by atoms with Crippen molar-refractivity contribution >= 4 is 38.5 Å². The van der Waals surface area contributed by atoms with Gasteiger partial charge >= 0.3 is 0 Å². The number of aliphatic imine (C=N–C) groups is 1. The normalized spacial score (nSPS) is 23.6. The van der Waals surface area contributed by atoms with E-state index in [-0.39, 0.29) is 11.4 Å². The fourth-order valence-electron chi connectivity index (χ4n) is 1.49. The Morgan fingerprint density at radius 2 is 2.35 bits per heavy atom. The van der Waals surface area contributed by atoms with Crippen molar-refractivity contribution in [2.75, 3.05) is 11.1 Å². The van der Waals surface area contributed by atoms with Crippen molar-refractivity contribution in [3.05, 3.63) is 28.5 Å². The molecular weight excluding hydrogens is 303 g/mol. The van der Waals surface area contributed by atoms with Crippen LogP contribution in [0.5, 0.6) is 0 Å². The smallest absolute Gasteiger partial charge is 0.161 e. The van der Waals surface area contributed by atoms with Gasteiger partial charge in [-0.05, 0) is 31.5 Å². The molecule has 1 aromatic rings. The predicted octanol–water partition coefficient (Wildman–Crippen LogP) is 4.27. The zero-order valence-corrected chi connectivity index (χ0v) is 12.2. The number of nitrogens with one attached hydrogen (secondary N) is 1. The van der Waals surface area contributed by atoms with Crippen molar-refractivity contribution < 1.29 is 4.39 Å². The van der Waals surface area contributed by atoms with Gasteiger partial charge in [-0.15, -0.1) is 0 Å². The van der Waals surface area contributed by atoms with Gasteiger partial charge in [-0.3, -0.25) is 4.99 Å². The zero-order valence-electron chi connectivity index (χ0n) is 9.76. The molecule has 1 N–H and O–H groups in total. The second-order valence-electron chi connectivity index (χ2n) is 4.31. The van der Waals surface area contributed by atoms with E-state index in [1.54, 1.807) is 23.9 Å².